The molecule has 3 N–H and O–H groups in total. The van der Waals surface area contributed by atoms with Gasteiger partial charge in [-0.1, -0.05) is 60.6 Å². The van der Waals surface area contributed by atoms with E-state index >= 15 is 0 Å². The van der Waals surface area contributed by atoms with Crippen molar-refractivity contribution in [2.45, 2.75) is 111 Å². The summed E-state index contributed by atoms with van der Waals surface area (Å²) in [6.45, 7) is 16.4. The summed E-state index contributed by atoms with van der Waals surface area (Å²) in [6.07, 6.45) is 0.520. The highest BCUT2D eigenvalue weighted by molar-refractivity contribution is 6.01. The van der Waals surface area contributed by atoms with Gasteiger partial charge in [-0.2, -0.15) is 0 Å². The Labute approximate surface area is 227 Å². The molecular formula is C31H45FN2O4. The molecule has 0 aromatic heterocycles. The van der Waals surface area contributed by atoms with Crippen LogP contribution < -0.4 is 15.4 Å². The molecule has 210 valence electrons. The first-order valence-corrected chi connectivity index (χ1v) is 13.6. The Balaban J connectivity index is 2.32. The highest BCUT2D eigenvalue weighted by atomic mass is 19.1. The summed E-state index contributed by atoms with van der Waals surface area (Å²) in [5.41, 5.74) is 2.69. The third-order valence-corrected chi connectivity index (χ3v) is 7.49. The SMILES string of the molecule is CCC(Oc1ccc(C(C)(C)CC)cc1C(C)(C)CC)C(=O)Nc1cc(O)ccc1NC(=O)CCC(C)F. The van der Waals surface area contributed by atoms with Crippen molar-refractivity contribution in [1.82, 2.24) is 0 Å². The Bertz CT molecular complexity index is 1110. The molecule has 0 spiro atoms. The highest BCUT2D eigenvalue weighted by Crippen LogP contribution is 2.39. The zero-order chi connectivity index (χ0) is 28.7. The third kappa shape index (κ3) is 8.20. The molecule has 0 aliphatic heterocycles. The molecule has 2 unspecified atom stereocenters. The van der Waals surface area contributed by atoms with E-state index in [0.29, 0.717) is 17.9 Å². The molecule has 0 aliphatic carbocycles. The van der Waals surface area contributed by atoms with E-state index in [1.807, 2.05) is 13.0 Å². The number of ether oxygens (including phenoxy) is 1. The smallest absolute Gasteiger partial charge is 0.265 e. The van der Waals surface area contributed by atoms with E-state index in [9.17, 15) is 19.1 Å². The lowest BCUT2D eigenvalue weighted by Crippen LogP contribution is -2.33. The number of amides is 2. The van der Waals surface area contributed by atoms with Crippen LogP contribution in [0.1, 0.15) is 98.6 Å². The van der Waals surface area contributed by atoms with Crippen LogP contribution in [0.5, 0.6) is 11.5 Å². The molecule has 2 amide bonds. The second-order valence-corrected chi connectivity index (χ2v) is 11.3. The van der Waals surface area contributed by atoms with Gasteiger partial charge in [-0.05, 0) is 67.2 Å². The third-order valence-electron chi connectivity index (χ3n) is 7.49. The van der Waals surface area contributed by atoms with Crippen molar-refractivity contribution in [2.75, 3.05) is 10.6 Å². The molecule has 0 bridgehead atoms. The molecule has 2 rings (SSSR count). The second kappa shape index (κ2) is 13.1. The van der Waals surface area contributed by atoms with Crippen LogP contribution in [0.2, 0.25) is 0 Å². The van der Waals surface area contributed by atoms with Gasteiger partial charge < -0.3 is 20.5 Å². The lowest BCUT2D eigenvalue weighted by atomic mass is 9.76. The van der Waals surface area contributed by atoms with E-state index in [1.54, 1.807) is 0 Å². The molecule has 0 radical (unpaired) electrons. The van der Waals surface area contributed by atoms with Gasteiger partial charge in [0.1, 0.15) is 11.5 Å². The predicted octanol–water partition coefficient (Wildman–Crippen LogP) is 7.64. The van der Waals surface area contributed by atoms with Gasteiger partial charge in [-0.3, -0.25) is 9.59 Å². The van der Waals surface area contributed by atoms with Gasteiger partial charge >= 0.3 is 0 Å². The Kier molecular flexibility index (Phi) is 10.7. The van der Waals surface area contributed by atoms with Crippen molar-refractivity contribution in [1.29, 1.82) is 0 Å². The fraction of sp³-hybridized carbons (Fsp3) is 0.548. The lowest BCUT2D eigenvalue weighted by molar-refractivity contribution is -0.123. The van der Waals surface area contributed by atoms with Crippen LogP contribution in [0.15, 0.2) is 36.4 Å². The number of nitrogens with one attached hydrogen (secondary N) is 2. The zero-order valence-corrected chi connectivity index (χ0v) is 24.2. The van der Waals surface area contributed by atoms with Crippen LogP contribution in [-0.2, 0) is 20.4 Å². The highest BCUT2D eigenvalue weighted by Gasteiger charge is 2.29. The maximum absolute atomic E-state index is 13.3. The summed E-state index contributed by atoms with van der Waals surface area (Å²) in [7, 11) is 0. The van der Waals surface area contributed by atoms with Gasteiger partial charge in [0.25, 0.3) is 5.91 Å². The van der Waals surface area contributed by atoms with Crippen molar-refractivity contribution < 1.29 is 23.8 Å². The first kappa shape index (κ1) is 31.1. The van der Waals surface area contributed by atoms with E-state index in [-0.39, 0.29) is 41.0 Å². The molecule has 6 nitrogen and oxygen atoms in total. The Morgan fingerprint density at radius 1 is 0.947 bits per heavy atom. The average Bonchev–Trinajstić information content (AvgIpc) is 2.87. The minimum atomic E-state index is -1.09. The maximum atomic E-state index is 13.3. The van der Waals surface area contributed by atoms with Crippen LogP contribution >= 0.6 is 0 Å². The predicted molar refractivity (Wildman–Crippen MR) is 153 cm³/mol. The molecule has 2 aromatic carbocycles. The molecule has 0 fully saturated rings. The number of hydrogen-bond acceptors (Lipinski definition) is 4. The topological polar surface area (TPSA) is 87.7 Å². The molecule has 2 atom stereocenters. The van der Waals surface area contributed by atoms with E-state index in [4.69, 9.17) is 4.74 Å². The molecule has 0 heterocycles. The standard InChI is InChI=1S/C31H45FN2O4/c1-9-26(38-27-16-13-21(30(5,6)10-2)18-23(27)31(7,8)11-3)29(37)34-25-19-22(35)14-15-24(25)33-28(36)17-12-20(4)32/h13-16,18-20,26,35H,9-12,17H2,1-8H3,(H,33,36)(H,34,37). The molecule has 7 heteroatoms. The van der Waals surface area contributed by atoms with E-state index in [0.717, 1.165) is 18.4 Å². The Morgan fingerprint density at radius 3 is 2.18 bits per heavy atom. The van der Waals surface area contributed by atoms with Crippen LogP contribution in [0, 0.1) is 0 Å². The molecule has 0 saturated carbocycles. The van der Waals surface area contributed by atoms with Crippen LogP contribution in [0.4, 0.5) is 15.8 Å². The Morgan fingerprint density at radius 2 is 1.61 bits per heavy atom. The van der Waals surface area contributed by atoms with Crippen molar-refractivity contribution in [3.05, 3.63) is 47.5 Å². The zero-order valence-electron chi connectivity index (χ0n) is 24.2. The molecule has 38 heavy (non-hydrogen) atoms. The summed E-state index contributed by atoms with van der Waals surface area (Å²) in [6, 6.07) is 10.5. The summed E-state index contributed by atoms with van der Waals surface area (Å²) in [5.74, 6) is -0.172. The van der Waals surface area contributed by atoms with Crippen molar-refractivity contribution in [3.63, 3.8) is 0 Å². The number of carbonyl (C=O) groups excluding carboxylic acids is 2. The number of aromatic hydroxyl groups is 1. The fourth-order valence-corrected chi connectivity index (χ4v) is 3.95. The van der Waals surface area contributed by atoms with Crippen LogP contribution in [-0.4, -0.2) is 29.2 Å². The van der Waals surface area contributed by atoms with Gasteiger partial charge in [0.15, 0.2) is 6.10 Å². The van der Waals surface area contributed by atoms with Crippen LogP contribution in [0.3, 0.4) is 0 Å². The van der Waals surface area contributed by atoms with Crippen LogP contribution in [0.25, 0.3) is 0 Å². The normalized spacial score (nSPS) is 13.5. The minimum absolute atomic E-state index is 0.00739. The summed E-state index contributed by atoms with van der Waals surface area (Å²) in [5, 5.41) is 15.5. The van der Waals surface area contributed by atoms with E-state index < -0.39 is 18.2 Å². The van der Waals surface area contributed by atoms with E-state index in [1.165, 1.54) is 30.7 Å². The number of carbonyl (C=O) groups is 2. The van der Waals surface area contributed by atoms with Gasteiger partial charge in [0.05, 0.1) is 17.5 Å². The maximum Gasteiger partial charge on any atom is 0.265 e. The molecule has 0 saturated heterocycles. The molecule has 0 aliphatic rings. The van der Waals surface area contributed by atoms with Gasteiger partial charge in [-0.15, -0.1) is 0 Å². The molecule has 2 aromatic rings. The number of phenols is 1. The second-order valence-electron chi connectivity index (χ2n) is 11.3. The Hall–Kier alpha value is -3.09. The number of hydrogen-bond donors (Lipinski definition) is 3. The number of benzene rings is 2. The number of alkyl halides is 1. The number of phenolic OH excluding ortho intramolecular Hbond substituents is 1. The first-order chi connectivity index (χ1) is 17.7. The quantitative estimate of drug-likeness (QED) is 0.233. The largest absolute Gasteiger partial charge is 0.508 e. The molecular weight excluding hydrogens is 483 g/mol. The number of rotatable bonds is 13. The lowest BCUT2D eigenvalue weighted by Gasteiger charge is -2.31. The first-order valence-electron chi connectivity index (χ1n) is 13.6. The van der Waals surface area contributed by atoms with Crippen molar-refractivity contribution in [2.24, 2.45) is 0 Å². The number of anilines is 2. The minimum Gasteiger partial charge on any atom is -0.508 e. The van der Waals surface area contributed by atoms with Gasteiger partial charge in [0, 0.05) is 18.1 Å². The fourth-order valence-electron chi connectivity index (χ4n) is 3.95. The van der Waals surface area contributed by atoms with E-state index in [2.05, 4.69) is 64.3 Å². The average molecular weight is 529 g/mol. The summed E-state index contributed by atoms with van der Waals surface area (Å²) < 4.78 is 19.5. The van der Waals surface area contributed by atoms with Gasteiger partial charge in [0.2, 0.25) is 5.91 Å². The van der Waals surface area contributed by atoms with Crippen molar-refractivity contribution in [3.8, 4) is 11.5 Å². The number of halogens is 1. The summed E-state index contributed by atoms with van der Waals surface area (Å²) >= 11 is 0. The summed E-state index contributed by atoms with van der Waals surface area (Å²) in [4.78, 5) is 25.6. The van der Waals surface area contributed by atoms with Crippen molar-refractivity contribution >= 4 is 23.2 Å². The monoisotopic (exact) mass is 528 g/mol. The van der Waals surface area contributed by atoms with Gasteiger partial charge in [-0.25, -0.2) is 4.39 Å².